The number of nitrogens with zero attached hydrogens (tertiary/aromatic N) is 1. The van der Waals surface area contributed by atoms with Gasteiger partial charge in [0.15, 0.2) is 0 Å². The number of hydrogen-bond acceptors (Lipinski definition) is 3. The van der Waals surface area contributed by atoms with Crippen LogP contribution in [0.2, 0.25) is 0 Å². The number of carbonyl (C=O) groups is 2. The number of likely N-dealkylation sites (tertiary alicyclic amines) is 1. The Bertz CT molecular complexity index is 273. The second-order valence-corrected chi connectivity index (χ2v) is 4.68. The van der Waals surface area contributed by atoms with Crippen LogP contribution < -0.4 is 0 Å². The predicted octanol–water partition coefficient (Wildman–Crippen LogP) is 2.86. The minimum absolute atomic E-state index is 0. The maximum atomic E-state index is 10.8. The van der Waals surface area contributed by atoms with Crippen molar-refractivity contribution < 1.29 is 40.9 Å². The summed E-state index contributed by atoms with van der Waals surface area (Å²) in [5, 5.41) is 17.5. The third-order valence-corrected chi connectivity index (χ3v) is 3.25. The summed E-state index contributed by atoms with van der Waals surface area (Å²) in [4.78, 5) is 23.7. The van der Waals surface area contributed by atoms with Crippen LogP contribution >= 0.6 is 0 Å². The van der Waals surface area contributed by atoms with Crippen LogP contribution in [0.15, 0.2) is 0 Å². The molecule has 1 fully saturated rings. The zero-order chi connectivity index (χ0) is 12.7. The van der Waals surface area contributed by atoms with E-state index in [9.17, 15) is 9.59 Å². The van der Waals surface area contributed by atoms with Crippen molar-refractivity contribution in [2.24, 2.45) is 5.92 Å². The molecule has 1 atom stereocenters. The first-order valence-electron chi connectivity index (χ1n) is 6.26. The van der Waals surface area contributed by atoms with E-state index in [1.165, 1.54) is 19.3 Å². The molecule has 0 spiro atoms. The van der Waals surface area contributed by atoms with Crippen molar-refractivity contribution in [3.05, 3.63) is 12.3 Å². The zero-order valence-corrected chi connectivity index (χ0v) is 13.8. The van der Waals surface area contributed by atoms with E-state index in [0.717, 1.165) is 26.1 Å². The Morgan fingerprint density at radius 2 is 1.60 bits per heavy atom. The van der Waals surface area contributed by atoms with Crippen LogP contribution in [0.3, 0.4) is 0 Å². The molecule has 6 N–H and O–H groups in total. The third kappa shape index (κ3) is 10.3. The van der Waals surface area contributed by atoms with Gasteiger partial charge in [-0.05, 0) is 45.3 Å². The van der Waals surface area contributed by atoms with Crippen molar-refractivity contribution in [3.8, 4) is 0 Å². The van der Waals surface area contributed by atoms with Gasteiger partial charge in [-0.15, -0.1) is 0 Å². The van der Waals surface area contributed by atoms with Crippen molar-refractivity contribution in [3.63, 3.8) is 0 Å². The molecule has 0 bridgehead atoms. The molecule has 8 heteroatoms. The van der Waals surface area contributed by atoms with Crippen molar-refractivity contribution >= 4 is 11.9 Å². The Morgan fingerprint density at radius 3 is 2.05 bits per heavy atom. The van der Waals surface area contributed by atoms with Crippen molar-refractivity contribution in [2.45, 2.75) is 38.5 Å². The summed E-state index contributed by atoms with van der Waals surface area (Å²) in [6.07, 6.45) is 4.68. The van der Waals surface area contributed by atoms with Crippen LogP contribution in [0.5, 0.6) is 0 Å². The summed E-state index contributed by atoms with van der Waals surface area (Å²) >= 11 is 0. The summed E-state index contributed by atoms with van der Waals surface area (Å²) in [6, 6.07) is 0. The van der Waals surface area contributed by atoms with Gasteiger partial charge in [0.1, 0.15) is 0 Å². The average Bonchev–Trinajstić information content (AvgIpc) is 2.28. The van der Waals surface area contributed by atoms with Crippen LogP contribution in [-0.4, -0.2) is 46.7 Å². The minimum Gasteiger partial charge on any atom is -0.693 e. The number of carboxylic acids is 2. The fourth-order valence-electron chi connectivity index (χ4n) is 2.27. The van der Waals surface area contributed by atoms with Crippen molar-refractivity contribution in [2.75, 3.05) is 19.6 Å². The van der Waals surface area contributed by atoms with Crippen LogP contribution in [0.25, 0.3) is 12.3 Å². The number of hydrogen-bond donors (Lipinski definition) is 2. The van der Waals surface area contributed by atoms with E-state index < -0.39 is 17.9 Å². The number of aliphatic carboxylic acids is 2. The van der Waals surface area contributed by atoms with Gasteiger partial charge < -0.3 is 27.4 Å². The van der Waals surface area contributed by atoms with Gasteiger partial charge in [0.05, 0.1) is 12.3 Å². The molecule has 122 valence electrons. The molecule has 0 aromatic rings. The van der Waals surface area contributed by atoms with E-state index in [-0.39, 0.29) is 39.8 Å². The number of nitrogens with two attached hydrogens (primary N) is 2. The molecule has 0 aromatic carbocycles. The molecule has 0 radical (unpaired) electrons. The second kappa shape index (κ2) is 13.5. The van der Waals surface area contributed by atoms with E-state index in [0.29, 0.717) is 6.42 Å². The fraction of sp³-hybridized carbons (Fsp3) is 0.833. The SMILES string of the molecule is O=C(O)CC(CCCN1CCCCC1)C(=O)O.[NH2-].[NH2-].[Pt+2]. The number of rotatable bonds is 7. The summed E-state index contributed by atoms with van der Waals surface area (Å²) in [5.41, 5.74) is 0. The quantitative estimate of drug-likeness (QED) is 0.588. The maximum absolute atomic E-state index is 10.8. The molecule has 7 nitrogen and oxygen atoms in total. The number of carboxylic acid groups (broad SMARTS) is 2. The first-order valence-corrected chi connectivity index (χ1v) is 6.26. The molecule has 0 amide bonds. The van der Waals surface area contributed by atoms with E-state index in [2.05, 4.69) is 4.90 Å². The van der Waals surface area contributed by atoms with Gasteiger partial charge in [-0.3, -0.25) is 9.59 Å². The van der Waals surface area contributed by atoms with Crippen molar-refractivity contribution in [1.82, 2.24) is 4.90 Å². The van der Waals surface area contributed by atoms with Gasteiger partial charge in [-0.25, -0.2) is 0 Å². The van der Waals surface area contributed by atoms with E-state index >= 15 is 0 Å². The molecule has 0 saturated carbocycles. The summed E-state index contributed by atoms with van der Waals surface area (Å²) < 4.78 is 0. The fourth-order valence-corrected chi connectivity index (χ4v) is 2.27. The smallest absolute Gasteiger partial charge is 0.693 e. The van der Waals surface area contributed by atoms with Crippen LogP contribution in [0.4, 0.5) is 0 Å². The van der Waals surface area contributed by atoms with Gasteiger partial charge in [-0.2, -0.15) is 0 Å². The van der Waals surface area contributed by atoms with Gasteiger partial charge in [-0.1, -0.05) is 6.42 Å². The Morgan fingerprint density at radius 1 is 1.05 bits per heavy atom. The Balaban J connectivity index is -0.000000963. The molecule has 0 aliphatic carbocycles. The predicted molar refractivity (Wildman–Crippen MR) is 73.5 cm³/mol. The summed E-state index contributed by atoms with van der Waals surface area (Å²) in [7, 11) is 0. The molecule has 20 heavy (non-hydrogen) atoms. The first kappa shape index (κ1) is 24.5. The monoisotopic (exact) mass is 470 g/mol. The third-order valence-electron chi connectivity index (χ3n) is 3.25. The Kier molecular flexibility index (Phi) is 16.5. The van der Waals surface area contributed by atoms with Gasteiger partial charge in [0.25, 0.3) is 0 Å². The largest absolute Gasteiger partial charge is 2.00 e. The minimum atomic E-state index is -1.03. The molecule has 1 rings (SSSR count). The van der Waals surface area contributed by atoms with Crippen LogP contribution in [0.1, 0.15) is 38.5 Å². The standard InChI is InChI=1S/C12H21NO4.2H2N.Pt/c14-11(15)9-10(12(16)17)5-4-8-13-6-2-1-3-7-13;;;/h10H,1-9H2,(H,14,15)(H,16,17);2*1H2;/q;2*-1;+2. The van der Waals surface area contributed by atoms with Crippen LogP contribution in [0, 0.1) is 5.92 Å². The zero-order valence-electron chi connectivity index (χ0n) is 11.6. The first-order chi connectivity index (χ1) is 8.09. The molecule has 0 aromatic heterocycles. The van der Waals surface area contributed by atoms with Gasteiger partial charge in [0.2, 0.25) is 0 Å². The summed E-state index contributed by atoms with van der Waals surface area (Å²) in [6.45, 7) is 3.08. The van der Waals surface area contributed by atoms with Crippen LogP contribution in [-0.2, 0) is 30.7 Å². The molecule has 1 saturated heterocycles. The molecule has 1 unspecified atom stereocenters. The van der Waals surface area contributed by atoms with E-state index in [1.54, 1.807) is 0 Å². The van der Waals surface area contributed by atoms with Crippen molar-refractivity contribution in [1.29, 1.82) is 0 Å². The normalized spacial score (nSPS) is 16.0. The Hall–Kier alpha value is -0.492. The molecule has 1 aliphatic rings. The molecular formula is C12H25N3O4Pt. The molecular weight excluding hydrogens is 445 g/mol. The Labute approximate surface area is 134 Å². The summed E-state index contributed by atoms with van der Waals surface area (Å²) in [5.74, 6) is -2.77. The van der Waals surface area contributed by atoms with Gasteiger partial charge >= 0.3 is 33.0 Å². The average molecular weight is 470 g/mol. The second-order valence-electron chi connectivity index (χ2n) is 4.68. The number of piperidine rings is 1. The topological polar surface area (TPSA) is 145 Å². The molecule has 1 heterocycles. The molecule has 1 aliphatic heterocycles. The van der Waals surface area contributed by atoms with E-state index in [4.69, 9.17) is 10.2 Å². The van der Waals surface area contributed by atoms with E-state index in [1.807, 2.05) is 0 Å². The van der Waals surface area contributed by atoms with Gasteiger partial charge in [0, 0.05) is 0 Å². The maximum Gasteiger partial charge on any atom is 2.00 e.